The summed E-state index contributed by atoms with van der Waals surface area (Å²) in [5.74, 6) is -0.615. The molecule has 0 aliphatic carbocycles. The highest BCUT2D eigenvalue weighted by Crippen LogP contribution is 2.38. The fraction of sp³-hybridized carbons (Fsp3) is 0.429. The van der Waals surface area contributed by atoms with Crippen LogP contribution in [-0.4, -0.2) is 36.9 Å². The molecule has 2 rings (SSSR count). The Morgan fingerprint density at radius 1 is 1.43 bits per heavy atom. The molecule has 0 spiro atoms. The average Bonchev–Trinajstić information content (AvgIpc) is 2.45. The van der Waals surface area contributed by atoms with Crippen LogP contribution in [-0.2, 0) is 19.1 Å². The molecule has 21 heavy (non-hydrogen) atoms. The van der Waals surface area contributed by atoms with Gasteiger partial charge in [0.05, 0.1) is 24.0 Å². The quantitative estimate of drug-likeness (QED) is 0.642. The summed E-state index contributed by atoms with van der Waals surface area (Å²) in [7, 11) is 0. The molecule has 1 aliphatic rings. The van der Waals surface area contributed by atoms with Gasteiger partial charge in [-0.15, -0.1) is 11.8 Å². The Morgan fingerprint density at radius 3 is 3.00 bits per heavy atom. The van der Waals surface area contributed by atoms with Gasteiger partial charge in [-0.05, 0) is 25.1 Å². The van der Waals surface area contributed by atoms with Crippen LogP contribution in [0.5, 0.6) is 0 Å². The number of nitrogens with one attached hydrogen (secondary N) is 1. The summed E-state index contributed by atoms with van der Waals surface area (Å²) in [6.45, 7) is 3.03. The minimum Gasteiger partial charge on any atom is -0.463 e. The number of thioether (sulfide) groups is 1. The molecule has 1 unspecified atom stereocenters. The van der Waals surface area contributed by atoms with Gasteiger partial charge < -0.3 is 14.8 Å². The van der Waals surface area contributed by atoms with E-state index in [9.17, 15) is 9.59 Å². The first-order chi connectivity index (χ1) is 10.1. The lowest BCUT2D eigenvalue weighted by Gasteiger charge is -2.23. The molecule has 1 N–H and O–H groups in total. The van der Waals surface area contributed by atoms with Crippen LogP contribution < -0.4 is 5.32 Å². The third-order valence-electron chi connectivity index (χ3n) is 2.81. The van der Waals surface area contributed by atoms with E-state index in [0.29, 0.717) is 23.9 Å². The molecule has 7 heteroatoms. The van der Waals surface area contributed by atoms with E-state index in [4.69, 9.17) is 21.1 Å². The van der Waals surface area contributed by atoms with Gasteiger partial charge >= 0.3 is 5.97 Å². The number of hydrogen-bond donors (Lipinski definition) is 1. The predicted molar refractivity (Wildman–Crippen MR) is 81.8 cm³/mol. The summed E-state index contributed by atoms with van der Waals surface area (Å²) in [4.78, 5) is 24.6. The van der Waals surface area contributed by atoms with E-state index in [-0.39, 0.29) is 18.9 Å². The first-order valence-electron chi connectivity index (χ1n) is 6.60. The van der Waals surface area contributed by atoms with Crippen LogP contribution in [0.25, 0.3) is 0 Å². The molecule has 0 bridgehead atoms. The molecule has 0 aromatic heterocycles. The van der Waals surface area contributed by atoms with Crippen LogP contribution >= 0.6 is 23.4 Å². The molecule has 1 atom stereocenters. The largest absolute Gasteiger partial charge is 0.463 e. The summed E-state index contributed by atoms with van der Waals surface area (Å²) in [6.07, 6.45) is 0.0324. The van der Waals surface area contributed by atoms with Crippen molar-refractivity contribution in [3.63, 3.8) is 0 Å². The molecule has 0 saturated carbocycles. The van der Waals surface area contributed by atoms with E-state index in [0.717, 1.165) is 4.90 Å². The number of ether oxygens (including phenoxy) is 2. The monoisotopic (exact) mass is 329 g/mol. The summed E-state index contributed by atoms with van der Waals surface area (Å²) >= 11 is 7.22. The van der Waals surface area contributed by atoms with E-state index in [2.05, 4.69) is 5.32 Å². The standard InChI is InChI=1S/C14H16ClNO4S/c1-2-19-5-6-20-13(17)8-12-14(18)16-10-7-9(15)3-4-11(10)21-12/h3-4,7,12H,2,5-6,8H2,1H3,(H,16,18). The number of fused-ring (bicyclic) bond motifs is 1. The van der Waals surface area contributed by atoms with Gasteiger partial charge in [-0.1, -0.05) is 11.6 Å². The van der Waals surface area contributed by atoms with Crippen LogP contribution in [0.2, 0.25) is 5.02 Å². The Kier molecular flexibility index (Phi) is 5.90. The molecular formula is C14H16ClNO4S. The third-order valence-corrected chi connectivity index (χ3v) is 4.32. The Hall–Kier alpha value is -1.24. The minimum atomic E-state index is -0.488. The molecule has 1 amide bonds. The number of halogens is 1. The van der Waals surface area contributed by atoms with Crippen molar-refractivity contribution < 1.29 is 19.1 Å². The maximum absolute atomic E-state index is 12.0. The van der Waals surface area contributed by atoms with Crippen molar-refractivity contribution in [2.45, 2.75) is 23.5 Å². The lowest BCUT2D eigenvalue weighted by molar-refractivity contribution is -0.145. The summed E-state index contributed by atoms with van der Waals surface area (Å²) in [5, 5.41) is 2.83. The zero-order valence-electron chi connectivity index (χ0n) is 11.6. The second kappa shape index (κ2) is 7.68. The zero-order chi connectivity index (χ0) is 15.2. The van der Waals surface area contributed by atoms with Crippen molar-refractivity contribution in [2.75, 3.05) is 25.1 Å². The topological polar surface area (TPSA) is 64.6 Å². The van der Waals surface area contributed by atoms with Crippen molar-refractivity contribution in [3.05, 3.63) is 23.2 Å². The molecule has 0 radical (unpaired) electrons. The van der Waals surface area contributed by atoms with Crippen molar-refractivity contribution in [3.8, 4) is 0 Å². The van der Waals surface area contributed by atoms with Gasteiger partial charge in [0.15, 0.2) is 0 Å². The number of hydrogen-bond acceptors (Lipinski definition) is 5. The zero-order valence-corrected chi connectivity index (χ0v) is 13.1. The highest BCUT2D eigenvalue weighted by atomic mass is 35.5. The molecule has 1 aliphatic heterocycles. The number of rotatable bonds is 6. The minimum absolute atomic E-state index is 0.0324. The molecule has 0 fully saturated rings. The van der Waals surface area contributed by atoms with Crippen LogP contribution in [0.4, 0.5) is 5.69 Å². The lowest BCUT2D eigenvalue weighted by Crippen LogP contribution is -2.31. The molecule has 1 heterocycles. The van der Waals surface area contributed by atoms with E-state index in [1.807, 2.05) is 13.0 Å². The van der Waals surface area contributed by atoms with E-state index in [1.165, 1.54) is 11.8 Å². The van der Waals surface area contributed by atoms with Crippen molar-refractivity contribution in [2.24, 2.45) is 0 Å². The Bertz CT molecular complexity index is 538. The van der Waals surface area contributed by atoms with Gasteiger partial charge in [0.25, 0.3) is 0 Å². The fourth-order valence-corrected chi connectivity index (χ4v) is 3.07. The molecule has 114 valence electrons. The molecule has 1 aromatic carbocycles. The third kappa shape index (κ3) is 4.62. The van der Waals surface area contributed by atoms with Crippen LogP contribution in [0.3, 0.4) is 0 Å². The van der Waals surface area contributed by atoms with Gasteiger partial charge in [0.1, 0.15) is 6.61 Å². The Labute approximate surface area is 132 Å². The highest BCUT2D eigenvalue weighted by Gasteiger charge is 2.29. The van der Waals surface area contributed by atoms with Crippen molar-refractivity contribution >= 4 is 40.9 Å². The van der Waals surface area contributed by atoms with Gasteiger partial charge in [-0.25, -0.2) is 0 Å². The molecule has 0 saturated heterocycles. The van der Waals surface area contributed by atoms with E-state index in [1.54, 1.807) is 12.1 Å². The van der Waals surface area contributed by atoms with Crippen LogP contribution in [0, 0.1) is 0 Å². The van der Waals surface area contributed by atoms with Crippen LogP contribution in [0.1, 0.15) is 13.3 Å². The lowest BCUT2D eigenvalue weighted by atomic mass is 10.2. The molecule has 1 aromatic rings. The summed E-state index contributed by atoms with van der Waals surface area (Å²) < 4.78 is 10.1. The van der Waals surface area contributed by atoms with E-state index < -0.39 is 11.2 Å². The first kappa shape index (κ1) is 16.1. The SMILES string of the molecule is CCOCCOC(=O)CC1Sc2ccc(Cl)cc2NC1=O. The second-order valence-corrected chi connectivity index (χ2v) is 6.04. The maximum atomic E-state index is 12.0. The molecular weight excluding hydrogens is 314 g/mol. The number of carbonyl (C=O) groups is 2. The van der Waals surface area contributed by atoms with Gasteiger partial charge in [0, 0.05) is 16.5 Å². The second-order valence-electron chi connectivity index (χ2n) is 4.36. The predicted octanol–water partition coefficient (Wildman–Crippen LogP) is 2.72. The van der Waals surface area contributed by atoms with Gasteiger partial charge in [0.2, 0.25) is 5.91 Å². The Morgan fingerprint density at radius 2 is 2.24 bits per heavy atom. The Balaban J connectivity index is 1.88. The number of benzene rings is 1. The first-order valence-corrected chi connectivity index (χ1v) is 7.86. The number of anilines is 1. The fourth-order valence-electron chi connectivity index (χ4n) is 1.83. The number of amides is 1. The smallest absolute Gasteiger partial charge is 0.307 e. The van der Waals surface area contributed by atoms with Gasteiger partial charge in [-0.3, -0.25) is 9.59 Å². The van der Waals surface area contributed by atoms with E-state index >= 15 is 0 Å². The average molecular weight is 330 g/mol. The van der Waals surface area contributed by atoms with Crippen molar-refractivity contribution in [1.82, 2.24) is 0 Å². The van der Waals surface area contributed by atoms with Crippen LogP contribution in [0.15, 0.2) is 23.1 Å². The van der Waals surface area contributed by atoms with Crippen molar-refractivity contribution in [1.29, 1.82) is 0 Å². The van der Waals surface area contributed by atoms with Gasteiger partial charge in [-0.2, -0.15) is 0 Å². The number of esters is 1. The maximum Gasteiger partial charge on any atom is 0.307 e. The highest BCUT2D eigenvalue weighted by molar-refractivity contribution is 8.01. The molecule has 5 nitrogen and oxygen atoms in total. The summed E-state index contributed by atoms with van der Waals surface area (Å²) in [5.41, 5.74) is 0.679. The number of carbonyl (C=O) groups excluding carboxylic acids is 2. The summed E-state index contributed by atoms with van der Waals surface area (Å²) in [6, 6.07) is 5.27. The normalized spacial score (nSPS) is 17.0.